The number of nitrogens with one attached hydrogen (secondary N) is 1. The van der Waals surface area contributed by atoms with Crippen LogP contribution >= 0.6 is 27.5 Å². The molecule has 0 aliphatic rings. The molecule has 0 saturated heterocycles. The van der Waals surface area contributed by atoms with E-state index in [1.54, 1.807) is 13.2 Å². The zero-order valence-corrected chi connectivity index (χ0v) is 14.2. The van der Waals surface area contributed by atoms with Gasteiger partial charge in [-0.15, -0.1) is 0 Å². The van der Waals surface area contributed by atoms with Gasteiger partial charge in [-0.05, 0) is 46.6 Å². The van der Waals surface area contributed by atoms with Crippen LogP contribution in [0.2, 0.25) is 5.02 Å². The van der Waals surface area contributed by atoms with Crippen LogP contribution < -0.4 is 10.1 Å². The van der Waals surface area contributed by atoms with E-state index in [-0.39, 0.29) is 11.8 Å². The van der Waals surface area contributed by atoms with E-state index >= 15 is 0 Å². The fraction of sp³-hybridized carbons (Fsp3) is 0.250. The zero-order chi connectivity index (χ0) is 15.4. The molecule has 2 aromatic rings. The minimum absolute atomic E-state index is 0.130. The van der Waals surface area contributed by atoms with E-state index in [2.05, 4.69) is 28.2 Å². The standard InChI is InChI=1S/C16H17BrClNO2/c1-10(11-6-7-15(21-2)13(17)8-11)19-9-12-4-3-5-14(18)16(12)20/h3-8,10,19-20H,9H2,1-2H3. The van der Waals surface area contributed by atoms with Crippen molar-refractivity contribution in [3.05, 3.63) is 57.0 Å². The van der Waals surface area contributed by atoms with Crippen LogP contribution in [-0.4, -0.2) is 12.2 Å². The molecular weight excluding hydrogens is 354 g/mol. The van der Waals surface area contributed by atoms with Crippen molar-refractivity contribution in [3.8, 4) is 11.5 Å². The van der Waals surface area contributed by atoms with E-state index in [0.717, 1.165) is 21.3 Å². The van der Waals surface area contributed by atoms with Gasteiger partial charge < -0.3 is 15.2 Å². The van der Waals surface area contributed by atoms with Crippen LogP contribution in [0.3, 0.4) is 0 Å². The maximum absolute atomic E-state index is 9.90. The third kappa shape index (κ3) is 3.90. The summed E-state index contributed by atoms with van der Waals surface area (Å²) in [5.74, 6) is 0.938. The molecule has 0 aliphatic carbocycles. The molecule has 1 atom stereocenters. The maximum atomic E-state index is 9.90. The van der Waals surface area contributed by atoms with Gasteiger partial charge in [0, 0.05) is 18.2 Å². The topological polar surface area (TPSA) is 41.5 Å². The van der Waals surface area contributed by atoms with Crippen LogP contribution in [0.4, 0.5) is 0 Å². The predicted octanol–water partition coefficient (Wildman–Crippen LogP) is 4.67. The smallest absolute Gasteiger partial charge is 0.138 e. The van der Waals surface area contributed by atoms with Gasteiger partial charge in [0.15, 0.2) is 0 Å². The van der Waals surface area contributed by atoms with E-state index in [1.807, 2.05) is 30.3 Å². The molecular formula is C16H17BrClNO2. The molecule has 1 unspecified atom stereocenters. The molecule has 0 radical (unpaired) electrons. The molecule has 0 heterocycles. The number of methoxy groups -OCH3 is 1. The van der Waals surface area contributed by atoms with Crippen molar-refractivity contribution in [2.75, 3.05) is 7.11 Å². The van der Waals surface area contributed by atoms with Crippen LogP contribution in [0.1, 0.15) is 24.1 Å². The summed E-state index contributed by atoms with van der Waals surface area (Å²) in [4.78, 5) is 0. The van der Waals surface area contributed by atoms with Crippen molar-refractivity contribution in [1.82, 2.24) is 5.32 Å². The van der Waals surface area contributed by atoms with E-state index in [9.17, 15) is 5.11 Å². The molecule has 0 saturated carbocycles. The molecule has 2 rings (SSSR count). The molecule has 21 heavy (non-hydrogen) atoms. The van der Waals surface area contributed by atoms with Gasteiger partial charge in [0.05, 0.1) is 16.6 Å². The number of rotatable bonds is 5. The van der Waals surface area contributed by atoms with Gasteiger partial charge in [-0.3, -0.25) is 0 Å². The van der Waals surface area contributed by atoms with Crippen molar-refractivity contribution in [1.29, 1.82) is 0 Å². The van der Waals surface area contributed by atoms with Gasteiger partial charge in [-0.1, -0.05) is 29.8 Å². The van der Waals surface area contributed by atoms with Crippen LogP contribution in [0.15, 0.2) is 40.9 Å². The lowest BCUT2D eigenvalue weighted by atomic mass is 10.1. The number of halogens is 2. The summed E-state index contributed by atoms with van der Waals surface area (Å²) in [7, 11) is 1.64. The Hall–Kier alpha value is -1.23. The van der Waals surface area contributed by atoms with E-state index in [1.165, 1.54) is 0 Å². The van der Waals surface area contributed by atoms with Gasteiger partial charge in [0.2, 0.25) is 0 Å². The van der Waals surface area contributed by atoms with Gasteiger partial charge in [0.25, 0.3) is 0 Å². The second-order valence-electron chi connectivity index (χ2n) is 4.74. The molecule has 0 fully saturated rings. The quantitative estimate of drug-likeness (QED) is 0.804. The summed E-state index contributed by atoms with van der Waals surface area (Å²) in [5.41, 5.74) is 1.91. The van der Waals surface area contributed by atoms with Gasteiger partial charge in [-0.2, -0.15) is 0 Å². The SMILES string of the molecule is COc1ccc(C(C)NCc2cccc(Cl)c2O)cc1Br. The lowest BCUT2D eigenvalue weighted by Crippen LogP contribution is -2.18. The van der Waals surface area contributed by atoms with Crippen LogP contribution in [0.5, 0.6) is 11.5 Å². The molecule has 0 aromatic heterocycles. The summed E-state index contributed by atoms with van der Waals surface area (Å²) >= 11 is 9.38. The number of phenolic OH excluding ortho intramolecular Hbond substituents is 1. The lowest BCUT2D eigenvalue weighted by Gasteiger charge is -2.16. The normalized spacial score (nSPS) is 12.2. The fourth-order valence-corrected chi connectivity index (χ4v) is 2.79. The molecule has 0 bridgehead atoms. The van der Waals surface area contributed by atoms with Crippen molar-refractivity contribution < 1.29 is 9.84 Å². The highest BCUT2D eigenvalue weighted by Gasteiger charge is 2.10. The first-order chi connectivity index (χ1) is 10.0. The first kappa shape index (κ1) is 16.1. The Bertz CT molecular complexity index is 634. The Balaban J connectivity index is 2.06. The average molecular weight is 371 g/mol. The Morgan fingerprint density at radius 1 is 1.33 bits per heavy atom. The zero-order valence-electron chi connectivity index (χ0n) is 11.9. The monoisotopic (exact) mass is 369 g/mol. The largest absolute Gasteiger partial charge is 0.506 e. The molecule has 2 N–H and O–H groups in total. The second kappa shape index (κ2) is 7.16. The van der Waals surface area contributed by atoms with E-state index in [4.69, 9.17) is 16.3 Å². The highest BCUT2D eigenvalue weighted by Crippen LogP contribution is 2.29. The molecule has 0 aliphatic heterocycles. The molecule has 112 valence electrons. The van der Waals surface area contributed by atoms with Crippen LogP contribution in [0.25, 0.3) is 0 Å². The predicted molar refractivity (Wildman–Crippen MR) is 89.1 cm³/mol. The Kier molecular flexibility index (Phi) is 5.51. The van der Waals surface area contributed by atoms with E-state index < -0.39 is 0 Å². The molecule has 0 amide bonds. The number of benzene rings is 2. The lowest BCUT2D eigenvalue weighted by molar-refractivity contribution is 0.411. The minimum atomic E-state index is 0.130. The Morgan fingerprint density at radius 3 is 2.76 bits per heavy atom. The van der Waals surface area contributed by atoms with Crippen LogP contribution in [-0.2, 0) is 6.54 Å². The second-order valence-corrected chi connectivity index (χ2v) is 6.01. The molecule has 0 spiro atoms. The van der Waals surface area contributed by atoms with Gasteiger partial charge >= 0.3 is 0 Å². The number of hydrogen-bond acceptors (Lipinski definition) is 3. The first-order valence-electron chi connectivity index (χ1n) is 6.56. The van der Waals surface area contributed by atoms with E-state index in [0.29, 0.717) is 11.6 Å². The highest BCUT2D eigenvalue weighted by molar-refractivity contribution is 9.10. The molecule has 5 heteroatoms. The highest BCUT2D eigenvalue weighted by atomic mass is 79.9. The minimum Gasteiger partial charge on any atom is -0.506 e. The van der Waals surface area contributed by atoms with Crippen molar-refractivity contribution in [3.63, 3.8) is 0 Å². The van der Waals surface area contributed by atoms with Crippen LogP contribution in [0, 0.1) is 0 Å². The number of ether oxygens (including phenoxy) is 1. The molecule has 2 aromatic carbocycles. The third-order valence-corrected chi connectivity index (χ3v) is 4.27. The van der Waals surface area contributed by atoms with Crippen molar-refractivity contribution in [2.45, 2.75) is 19.5 Å². The summed E-state index contributed by atoms with van der Waals surface area (Å²) in [5, 5.41) is 13.6. The Morgan fingerprint density at radius 2 is 2.10 bits per heavy atom. The van der Waals surface area contributed by atoms with Crippen molar-refractivity contribution in [2.24, 2.45) is 0 Å². The number of aromatic hydroxyl groups is 1. The first-order valence-corrected chi connectivity index (χ1v) is 7.73. The number of hydrogen-bond donors (Lipinski definition) is 2. The number of phenols is 1. The van der Waals surface area contributed by atoms with Gasteiger partial charge in [-0.25, -0.2) is 0 Å². The number of para-hydroxylation sites is 1. The maximum Gasteiger partial charge on any atom is 0.138 e. The fourth-order valence-electron chi connectivity index (χ4n) is 2.04. The summed E-state index contributed by atoms with van der Waals surface area (Å²) in [6, 6.07) is 11.4. The van der Waals surface area contributed by atoms with Gasteiger partial charge in [0.1, 0.15) is 11.5 Å². The molecule has 3 nitrogen and oxygen atoms in total. The summed E-state index contributed by atoms with van der Waals surface area (Å²) in [6.07, 6.45) is 0. The summed E-state index contributed by atoms with van der Waals surface area (Å²) < 4.78 is 6.14. The Labute approximate surface area is 138 Å². The van der Waals surface area contributed by atoms with Crippen molar-refractivity contribution >= 4 is 27.5 Å². The average Bonchev–Trinajstić information content (AvgIpc) is 2.48. The third-order valence-electron chi connectivity index (χ3n) is 3.34. The summed E-state index contributed by atoms with van der Waals surface area (Å²) in [6.45, 7) is 2.60.